The third-order valence-electron chi connectivity index (χ3n) is 2.35. The highest BCUT2D eigenvalue weighted by Gasteiger charge is 1.97. The molecule has 0 saturated heterocycles. The number of nitrogens with two attached hydrogens (primary N) is 1. The van der Waals surface area contributed by atoms with E-state index < -0.39 is 0 Å². The molecule has 0 fully saturated rings. The summed E-state index contributed by atoms with van der Waals surface area (Å²) in [5, 5.41) is 3.31. The summed E-state index contributed by atoms with van der Waals surface area (Å²) in [4.78, 5) is 2.10. The molecule has 1 aromatic carbocycles. The second-order valence-electron chi connectivity index (χ2n) is 4.25. The fourth-order valence-electron chi connectivity index (χ4n) is 1.38. The quantitative estimate of drug-likeness (QED) is 0.671. The van der Waals surface area contributed by atoms with Crippen LogP contribution in [0.1, 0.15) is 6.42 Å². The fourth-order valence-corrected chi connectivity index (χ4v) is 1.38. The number of hydrogen-bond donors (Lipinski definition) is 2. The Bertz CT molecular complexity index is 315. The van der Waals surface area contributed by atoms with Crippen molar-refractivity contribution in [2.45, 2.75) is 6.42 Å². The molecule has 17 heavy (non-hydrogen) atoms. The molecule has 1 rings (SSSR count). The van der Waals surface area contributed by atoms with Gasteiger partial charge in [0.15, 0.2) is 0 Å². The lowest BCUT2D eigenvalue weighted by Crippen LogP contribution is -2.19. The Kier molecular flexibility index (Phi) is 6.43. The molecular weight excluding hydrogens is 214 g/mol. The number of likely N-dealkylation sites (N-methyl/N-ethyl adjacent to an activating group) is 1. The van der Waals surface area contributed by atoms with Gasteiger partial charge in [0.2, 0.25) is 0 Å². The second kappa shape index (κ2) is 7.92. The predicted molar refractivity (Wildman–Crippen MR) is 72.7 cm³/mol. The Labute approximate surface area is 104 Å². The van der Waals surface area contributed by atoms with E-state index in [-0.39, 0.29) is 0 Å². The van der Waals surface area contributed by atoms with E-state index in [0.29, 0.717) is 13.2 Å². The van der Waals surface area contributed by atoms with Crippen LogP contribution in [0.4, 0.5) is 5.69 Å². The summed E-state index contributed by atoms with van der Waals surface area (Å²) >= 11 is 0. The van der Waals surface area contributed by atoms with Crippen molar-refractivity contribution in [1.29, 1.82) is 0 Å². The highest BCUT2D eigenvalue weighted by Crippen LogP contribution is 2.17. The Hall–Kier alpha value is -1.26. The molecule has 0 bridgehead atoms. The maximum atomic E-state index is 5.66. The SMILES string of the molecule is CN(C)CCOc1cccc(NCCCN)c1. The van der Waals surface area contributed by atoms with Crippen LogP contribution in [0.25, 0.3) is 0 Å². The minimum atomic E-state index is 0.708. The first-order valence-corrected chi connectivity index (χ1v) is 6.04. The van der Waals surface area contributed by atoms with E-state index in [1.165, 1.54) is 0 Å². The summed E-state index contributed by atoms with van der Waals surface area (Å²) in [6.07, 6.45) is 0.978. The van der Waals surface area contributed by atoms with E-state index in [0.717, 1.165) is 30.9 Å². The van der Waals surface area contributed by atoms with E-state index in [1.54, 1.807) is 0 Å². The first kappa shape index (κ1) is 13.8. The summed E-state index contributed by atoms with van der Waals surface area (Å²) in [6.45, 7) is 3.24. The van der Waals surface area contributed by atoms with Crippen LogP contribution in [0.3, 0.4) is 0 Å². The highest BCUT2D eigenvalue weighted by molar-refractivity contribution is 5.48. The standard InChI is InChI=1S/C13H23N3O/c1-16(2)9-10-17-13-6-3-5-12(11-13)15-8-4-7-14/h3,5-6,11,15H,4,7-10,14H2,1-2H3. The van der Waals surface area contributed by atoms with Crippen LogP contribution in [-0.4, -0.2) is 45.2 Å². The minimum Gasteiger partial charge on any atom is -0.492 e. The van der Waals surface area contributed by atoms with E-state index in [9.17, 15) is 0 Å². The van der Waals surface area contributed by atoms with Crippen LogP contribution in [0.5, 0.6) is 5.75 Å². The lowest BCUT2D eigenvalue weighted by Gasteiger charge is -2.12. The van der Waals surface area contributed by atoms with Gasteiger partial charge in [0.25, 0.3) is 0 Å². The fraction of sp³-hybridized carbons (Fsp3) is 0.538. The van der Waals surface area contributed by atoms with Crippen LogP contribution in [0.2, 0.25) is 0 Å². The Morgan fingerprint density at radius 1 is 1.35 bits per heavy atom. The largest absolute Gasteiger partial charge is 0.492 e. The van der Waals surface area contributed by atoms with Crippen LogP contribution in [-0.2, 0) is 0 Å². The van der Waals surface area contributed by atoms with Crippen molar-refractivity contribution < 1.29 is 4.74 Å². The summed E-state index contributed by atoms with van der Waals surface area (Å²) in [7, 11) is 4.07. The third kappa shape index (κ3) is 6.14. The van der Waals surface area contributed by atoms with Crippen LogP contribution in [0.15, 0.2) is 24.3 Å². The van der Waals surface area contributed by atoms with Gasteiger partial charge >= 0.3 is 0 Å². The van der Waals surface area contributed by atoms with Gasteiger partial charge < -0.3 is 20.7 Å². The Morgan fingerprint density at radius 2 is 2.18 bits per heavy atom. The van der Waals surface area contributed by atoms with Crippen molar-refractivity contribution >= 4 is 5.69 Å². The van der Waals surface area contributed by atoms with Crippen LogP contribution in [0, 0.1) is 0 Å². The number of nitrogens with one attached hydrogen (secondary N) is 1. The van der Waals surface area contributed by atoms with Gasteiger partial charge in [-0.15, -0.1) is 0 Å². The van der Waals surface area contributed by atoms with Crippen molar-refractivity contribution in [2.75, 3.05) is 45.7 Å². The van der Waals surface area contributed by atoms with Crippen LogP contribution >= 0.6 is 0 Å². The molecule has 4 nitrogen and oxygen atoms in total. The van der Waals surface area contributed by atoms with E-state index in [1.807, 2.05) is 38.4 Å². The third-order valence-corrected chi connectivity index (χ3v) is 2.35. The second-order valence-corrected chi connectivity index (χ2v) is 4.25. The van der Waals surface area contributed by atoms with Crippen molar-refractivity contribution in [3.63, 3.8) is 0 Å². The number of ether oxygens (including phenoxy) is 1. The molecule has 0 saturated carbocycles. The normalized spacial score (nSPS) is 10.6. The summed E-state index contributed by atoms with van der Waals surface area (Å²) < 4.78 is 5.66. The van der Waals surface area contributed by atoms with Gasteiger partial charge in [-0.05, 0) is 39.2 Å². The molecule has 0 unspecified atom stereocenters. The molecule has 0 aliphatic rings. The maximum Gasteiger partial charge on any atom is 0.121 e. The van der Waals surface area contributed by atoms with E-state index in [4.69, 9.17) is 10.5 Å². The Morgan fingerprint density at radius 3 is 2.88 bits per heavy atom. The molecule has 4 heteroatoms. The topological polar surface area (TPSA) is 50.5 Å². The average Bonchev–Trinajstić information content (AvgIpc) is 2.29. The summed E-state index contributed by atoms with van der Waals surface area (Å²) in [6, 6.07) is 8.03. The highest BCUT2D eigenvalue weighted by atomic mass is 16.5. The maximum absolute atomic E-state index is 5.66. The summed E-state index contributed by atoms with van der Waals surface area (Å²) in [5.74, 6) is 0.907. The Balaban J connectivity index is 2.37. The zero-order valence-corrected chi connectivity index (χ0v) is 10.8. The van der Waals surface area contributed by atoms with Crippen molar-refractivity contribution in [1.82, 2.24) is 4.90 Å². The molecule has 0 aliphatic heterocycles. The number of benzene rings is 1. The average molecular weight is 237 g/mol. The molecule has 0 spiro atoms. The van der Waals surface area contributed by atoms with Gasteiger partial charge in [-0.25, -0.2) is 0 Å². The molecule has 0 aliphatic carbocycles. The number of rotatable bonds is 8. The monoisotopic (exact) mass is 237 g/mol. The molecular formula is C13H23N3O. The van der Waals surface area contributed by atoms with Gasteiger partial charge in [0.1, 0.15) is 12.4 Å². The number of hydrogen-bond acceptors (Lipinski definition) is 4. The lowest BCUT2D eigenvalue weighted by molar-refractivity contribution is 0.261. The summed E-state index contributed by atoms with van der Waals surface area (Å²) in [5.41, 5.74) is 6.53. The van der Waals surface area contributed by atoms with Gasteiger partial charge in [0, 0.05) is 24.8 Å². The van der Waals surface area contributed by atoms with Crippen molar-refractivity contribution in [2.24, 2.45) is 5.73 Å². The van der Waals surface area contributed by atoms with Gasteiger partial charge in [0.05, 0.1) is 0 Å². The number of nitrogens with zero attached hydrogens (tertiary/aromatic N) is 1. The van der Waals surface area contributed by atoms with E-state index in [2.05, 4.69) is 10.2 Å². The molecule has 3 N–H and O–H groups in total. The van der Waals surface area contributed by atoms with Crippen molar-refractivity contribution in [3.05, 3.63) is 24.3 Å². The minimum absolute atomic E-state index is 0.708. The van der Waals surface area contributed by atoms with Crippen molar-refractivity contribution in [3.8, 4) is 5.75 Å². The lowest BCUT2D eigenvalue weighted by atomic mass is 10.3. The molecule has 0 amide bonds. The zero-order valence-electron chi connectivity index (χ0n) is 10.8. The predicted octanol–water partition coefficient (Wildman–Crippen LogP) is 1.39. The van der Waals surface area contributed by atoms with E-state index >= 15 is 0 Å². The van der Waals surface area contributed by atoms with Gasteiger partial charge in [-0.2, -0.15) is 0 Å². The molecule has 1 aromatic rings. The molecule has 0 aromatic heterocycles. The smallest absolute Gasteiger partial charge is 0.121 e. The van der Waals surface area contributed by atoms with Gasteiger partial charge in [-0.3, -0.25) is 0 Å². The molecule has 0 heterocycles. The van der Waals surface area contributed by atoms with Crippen LogP contribution < -0.4 is 15.8 Å². The molecule has 0 atom stereocenters. The first-order valence-electron chi connectivity index (χ1n) is 6.04. The van der Waals surface area contributed by atoms with Gasteiger partial charge in [-0.1, -0.05) is 6.07 Å². The molecule has 0 radical (unpaired) electrons. The number of anilines is 1. The zero-order chi connectivity index (χ0) is 12.5. The first-order chi connectivity index (χ1) is 8.22. The molecule has 96 valence electrons.